The second-order valence-electron chi connectivity index (χ2n) is 8.54. The third-order valence-electron chi connectivity index (χ3n) is 6.06. The SMILES string of the molecule is NS(=O)(=O)CCCC(=O)NCC1CC(c2c(-c3ccc(F)cc3)[nH]c3c(F)cc(F)cc23)C1. The van der Waals surface area contributed by atoms with Crippen LogP contribution in [0, 0.1) is 23.4 Å². The number of sulfonamides is 1. The van der Waals surface area contributed by atoms with Crippen LogP contribution in [0.5, 0.6) is 0 Å². The van der Waals surface area contributed by atoms with Crippen LogP contribution in [0.4, 0.5) is 13.2 Å². The summed E-state index contributed by atoms with van der Waals surface area (Å²) in [6.07, 6.45) is 1.64. The second kappa shape index (κ2) is 9.18. The number of aromatic amines is 1. The zero-order valence-corrected chi connectivity index (χ0v) is 18.5. The molecule has 0 spiro atoms. The molecule has 4 rings (SSSR count). The molecule has 1 fully saturated rings. The van der Waals surface area contributed by atoms with Crippen LogP contribution in [0.1, 0.15) is 37.2 Å². The van der Waals surface area contributed by atoms with Crippen molar-refractivity contribution in [2.75, 3.05) is 12.3 Å². The number of aromatic nitrogens is 1. The van der Waals surface area contributed by atoms with Crippen molar-refractivity contribution in [3.8, 4) is 11.3 Å². The van der Waals surface area contributed by atoms with E-state index in [0.29, 0.717) is 36.0 Å². The van der Waals surface area contributed by atoms with Gasteiger partial charge in [-0.25, -0.2) is 26.7 Å². The van der Waals surface area contributed by atoms with Crippen molar-refractivity contribution in [2.45, 2.75) is 31.6 Å². The van der Waals surface area contributed by atoms with E-state index in [0.717, 1.165) is 11.6 Å². The standard InChI is InChI=1S/C23H24F3N3O3S/c24-16-5-3-14(4-6-16)22-21(18-10-17(25)11-19(26)23(18)29-22)15-8-13(9-15)12-28-20(30)2-1-7-33(27,31)32/h3-6,10-11,13,15,29H,1-2,7-9,12H2,(H,28,30)(H2,27,31,32). The number of rotatable bonds is 8. The van der Waals surface area contributed by atoms with Crippen LogP contribution >= 0.6 is 0 Å². The van der Waals surface area contributed by atoms with E-state index in [-0.39, 0.29) is 41.9 Å². The average Bonchev–Trinajstić information content (AvgIpc) is 3.06. The largest absolute Gasteiger partial charge is 0.356 e. The van der Waals surface area contributed by atoms with Gasteiger partial charge in [0.05, 0.1) is 17.0 Å². The first-order valence-corrected chi connectivity index (χ1v) is 12.4. The molecule has 4 N–H and O–H groups in total. The molecule has 0 aliphatic heterocycles. The van der Waals surface area contributed by atoms with Crippen molar-refractivity contribution >= 4 is 26.8 Å². The zero-order valence-electron chi connectivity index (χ0n) is 17.7. The number of halogens is 3. The van der Waals surface area contributed by atoms with Crippen LogP contribution in [-0.2, 0) is 14.8 Å². The highest BCUT2D eigenvalue weighted by Gasteiger charge is 2.34. The minimum absolute atomic E-state index is 0.0179. The molecule has 2 aromatic carbocycles. The van der Waals surface area contributed by atoms with Crippen molar-refractivity contribution < 1.29 is 26.4 Å². The molecule has 0 saturated heterocycles. The molecule has 176 valence electrons. The molecule has 1 aromatic heterocycles. The number of amides is 1. The van der Waals surface area contributed by atoms with Gasteiger partial charge in [-0.15, -0.1) is 0 Å². The maximum absolute atomic E-state index is 14.4. The Morgan fingerprint density at radius 3 is 2.45 bits per heavy atom. The summed E-state index contributed by atoms with van der Waals surface area (Å²) >= 11 is 0. The van der Waals surface area contributed by atoms with Crippen LogP contribution in [0.15, 0.2) is 36.4 Å². The van der Waals surface area contributed by atoms with E-state index >= 15 is 0 Å². The quantitative estimate of drug-likeness (QED) is 0.456. The smallest absolute Gasteiger partial charge is 0.220 e. The normalized spacial score (nSPS) is 18.3. The zero-order chi connectivity index (χ0) is 23.8. The summed E-state index contributed by atoms with van der Waals surface area (Å²) in [5.41, 5.74) is 2.29. The van der Waals surface area contributed by atoms with Gasteiger partial charge < -0.3 is 10.3 Å². The fraction of sp³-hybridized carbons (Fsp3) is 0.348. The Bertz CT molecular complexity index is 1280. The van der Waals surface area contributed by atoms with E-state index in [1.807, 2.05) is 0 Å². The summed E-state index contributed by atoms with van der Waals surface area (Å²) in [5, 5.41) is 8.19. The lowest BCUT2D eigenvalue weighted by Crippen LogP contribution is -2.35. The molecular formula is C23H24F3N3O3S. The topological polar surface area (TPSA) is 105 Å². The van der Waals surface area contributed by atoms with Gasteiger partial charge in [-0.2, -0.15) is 0 Å². The number of hydrogen-bond donors (Lipinski definition) is 3. The minimum atomic E-state index is -3.59. The van der Waals surface area contributed by atoms with Gasteiger partial charge in [-0.05, 0) is 72.6 Å². The van der Waals surface area contributed by atoms with Crippen LogP contribution in [0.3, 0.4) is 0 Å². The van der Waals surface area contributed by atoms with E-state index in [4.69, 9.17) is 5.14 Å². The highest BCUT2D eigenvalue weighted by atomic mass is 32.2. The summed E-state index contributed by atoms with van der Waals surface area (Å²) in [6.45, 7) is 0.432. The lowest BCUT2D eigenvalue weighted by Gasteiger charge is -2.36. The van der Waals surface area contributed by atoms with Crippen molar-refractivity contribution in [3.05, 3.63) is 59.4 Å². The highest BCUT2D eigenvalue weighted by Crippen LogP contribution is 2.48. The number of carbonyl (C=O) groups excluding carboxylic acids is 1. The van der Waals surface area contributed by atoms with Gasteiger partial charge in [0.15, 0.2) is 0 Å². The lowest BCUT2D eigenvalue weighted by atomic mass is 9.70. The van der Waals surface area contributed by atoms with E-state index in [1.165, 1.54) is 18.2 Å². The maximum Gasteiger partial charge on any atom is 0.220 e. The Morgan fingerprint density at radius 1 is 1.09 bits per heavy atom. The van der Waals surface area contributed by atoms with Crippen molar-refractivity contribution in [3.63, 3.8) is 0 Å². The third kappa shape index (κ3) is 5.39. The Balaban J connectivity index is 1.47. The summed E-state index contributed by atoms with van der Waals surface area (Å²) in [5.74, 6) is -2.05. The first-order chi connectivity index (χ1) is 15.6. The fourth-order valence-corrected chi connectivity index (χ4v) is 4.97. The molecule has 3 aromatic rings. The number of primary sulfonamides is 1. The third-order valence-corrected chi connectivity index (χ3v) is 6.92. The minimum Gasteiger partial charge on any atom is -0.356 e. The Kier molecular flexibility index (Phi) is 6.49. The Morgan fingerprint density at radius 2 is 1.79 bits per heavy atom. The highest BCUT2D eigenvalue weighted by molar-refractivity contribution is 7.89. The molecular weight excluding hydrogens is 455 g/mol. The van der Waals surface area contributed by atoms with Crippen LogP contribution in [0.2, 0.25) is 0 Å². The van der Waals surface area contributed by atoms with Gasteiger partial charge in [-0.3, -0.25) is 4.79 Å². The van der Waals surface area contributed by atoms with Crippen molar-refractivity contribution in [2.24, 2.45) is 11.1 Å². The van der Waals surface area contributed by atoms with E-state index < -0.39 is 27.5 Å². The lowest BCUT2D eigenvalue weighted by molar-refractivity contribution is -0.121. The predicted octanol–water partition coefficient (Wildman–Crippen LogP) is 3.93. The molecule has 1 heterocycles. The Hall–Kier alpha value is -2.85. The van der Waals surface area contributed by atoms with E-state index in [2.05, 4.69) is 10.3 Å². The molecule has 1 aliphatic rings. The molecule has 0 bridgehead atoms. The fourth-order valence-electron chi connectivity index (χ4n) is 4.43. The molecule has 33 heavy (non-hydrogen) atoms. The van der Waals surface area contributed by atoms with Gasteiger partial charge in [0, 0.05) is 24.4 Å². The van der Waals surface area contributed by atoms with Gasteiger partial charge in [-0.1, -0.05) is 0 Å². The van der Waals surface area contributed by atoms with E-state index in [1.54, 1.807) is 12.1 Å². The second-order valence-corrected chi connectivity index (χ2v) is 10.3. The molecule has 10 heteroatoms. The monoisotopic (exact) mass is 479 g/mol. The molecule has 1 saturated carbocycles. The van der Waals surface area contributed by atoms with Crippen molar-refractivity contribution in [1.29, 1.82) is 0 Å². The number of hydrogen-bond acceptors (Lipinski definition) is 3. The average molecular weight is 480 g/mol. The number of benzene rings is 2. The molecule has 0 unspecified atom stereocenters. The summed E-state index contributed by atoms with van der Waals surface area (Å²) in [4.78, 5) is 15.0. The van der Waals surface area contributed by atoms with E-state index in [9.17, 15) is 26.4 Å². The molecule has 0 atom stereocenters. The number of nitrogens with two attached hydrogens (primary N) is 1. The first kappa shape index (κ1) is 23.3. The van der Waals surface area contributed by atoms with Crippen LogP contribution in [-0.4, -0.2) is 31.6 Å². The van der Waals surface area contributed by atoms with Gasteiger partial charge in [0.25, 0.3) is 0 Å². The van der Waals surface area contributed by atoms with Gasteiger partial charge >= 0.3 is 0 Å². The molecule has 0 radical (unpaired) electrons. The molecule has 6 nitrogen and oxygen atoms in total. The number of nitrogens with one attached hydrogen (secondary N) is 2. The summed E-state index contributed by atoms with van der Waals surface area (Å²) in [6, 6.07) is 7.95. The number of fused-ring (bicyclic) bond motifs is 1. The first-order valence-electron chi connectivity index (χ1n) is 10.6. The Labute approximate surface area is 189 Å². The van der Waals surface area contributed by atoms with Crippen LogP contribution in [0.25, 0.3) is 22.2 Å². The molecule has 1 amide bonds. The molecule has 1 aliphatic carbocycles. The predicted molar refractivity (Wildman–Crippen MR) is 119 cm³/mol. The summed E-state index contributed by atoms with van der Waals surface area (Å²) in [7, 11) is -3.59. The van der Waals surface area contributed by atoms with Crippen LogP contribution < -0.4 is 10.5 Å². The van der Waals surface area contributed by atoms with Crippen molar-refractivity contribution in [1.82, 2.24) is 10.3 Å². The van der Waals surface area contributed by atoms with Gasteiger partial charge in [0.2, 0.25) is 15.9 Å². The number of carbonyl (C=O) groups is 1. The number of H-pyrrole nitrogens is 1. The van der Waals surface area contributed by atoms with Gasteiger partial charge in [0.1, 0.15) is 17.5 Å². The summed E-state index contributed by atoms with van der Waals surface area (Å²) < 4.78 is 63.7. The maximum atomic E-state index is 14.4.